The summed E-state index contributed by atoms with van der Waals surface area (Å²) in [5.41, 5.74) is -0.877. The molecule has 152 valence electrons. The van der Waals surface area contributed by atoms with Crippen molar-refractivity contribution in [2.45, 2.75) is 45.1 Å². The highest BCUT2D eigenvalue weighted by Crippen LogP contribution is 2.35. The minimum Gasteiger partial charge on any atom is -0.379 e. The number of ether oxygens (including phenoxy) is 1. The molecule has 27 heavy (non-hydrogen) atoms. The fraction of sp³-hybridized carbons (Fsp3) is 0.588. The summed E-state index contributed by atoms with van der Waals surface area (Å²) in [5, 5.41) is 0. The van der Waals surface area contributed by atoms with E-state index < -0.39 is 31.4 Å². The number of nitrogens with one attached hydrogen (secondary N) is 1. The van der Waals surface area contributed by atoms with Crippen LogP contribution in [-0.4, -0.2) is 47.8 Å². The Morgan fingerprint density at radius 1 is 1.22 bits per heavy atom. The van der Waals surface area contributed by atoms with Crippen LogP contribution in [0.4, 0.5) is 5.69 Å². The van der Waals surface area contributed by atoms with Crippen molar-refractivity contribution in [3.05, 3.63) is 24.3 Å². The molecule has 0 bridgehead atoms. The van der Waals surface area contributed by atoms with Crippen LogP contribution in [0.2, 0.25) is 0 Å². The molecule has 1 aliphatic rings. The van der Waals surface area contributed by atoms with Crippen LogP contribution in [0.25, 0.3) is 0 Å². The molecule has 0 radical (unpaired) electrons. The molecule has 0 unspecified atom stereocenters. The highest BCUT2D eigenvalue weighted by molar-refractivity contribution is 7.94. The molecule has 1 aromatic rings. The molecule has 10 heteroatoms. The van der Waals surface area contributed by atoms with Crippen LogP contribution >= 0.6 is 0 Å². The maximum atomic E-state index is 12.4. The highest BCUT2D eigenvalue weighted by Gasteiger charge is 2.49. The summed E-state index contributed by atoms with van der Waals surface area (Å²) >= 11 is 0. The van der Waals surface area contributed by atoms with Gasteiger partial charge in [-0.15, -0.1) is 0 Å². The number of anilines is 1. The van der Waals surface area contributed by atoms with Gasteiger partial charge in [-0.2, -0.15) is 0 Å². The summed E-state index contributed by atoms with van der Waals surface area (Å²) in [7, 11) is -7.49. The largest absolute Gasteiger partial charge is 0.379 e. The minimum atomic E-state index is -3.77. The van der Waals surface area contributed by atoms with Crippen molar-refractivity contribution in [1.29, 1.82) is 0 Å². The molecule has 0 saturated carbocycles. The average molecular weight is 419 g/mol. The summed E-state index contributed by atoms with van der Waals surface area (Å²) in [5.74, 6) is -0.805. The molecule has 8 nitrogen and oxygen atoms in total. The number of amides is 1. The van der Waals surface area contributed by atoms with E-state index in [1.54, 1.807) is 13.8 Å². The molecule has 1 fully saturated rings. The molecule has 1 heterocycles. The van der Waals surface area contributed by atoms with E-state index >= 15 is 0 Å². The van der Waals surface area contributed by atoms with Crippen LogP contribution in [-0.2, 0) is 29.6 Å². The number of hydrogen-bond donors (Lipinski definition) is 1. The van der Waals surface area contributed by atoms with Gasteiger partial charge in [-0.25, -0.2) is 25.9 Å². The van der Waals surface area contributed by atoms with Crippen molar-refractivity contribution in [3.8, 4) is 0 Å². The Balaban J connectivity index is 2.09. The topological polar surface area (TPSA) is 110 Å². The predicted octanol–water partition coefficient (Wildman–Crippen LogP) is 1.48. The predicted molar refractivity (Wildman–Crippen MR) is 102 cm³/mol. The minimum absolute atomic E-state index is 0.000618. The summed E-state index contributed by atoms with van der Waals surface area (Å²) in [4.78, 5) is 12.4. The standard InChI is InChI=1S/C17H26N2O6S2/c1-13(2)25-11-5-10-18-27(23,24)15-8-6-14(7-9-15)19-16(20)17(3,4)12-26(19,21)22/h6-9,13,18H,5,10-12H2,1-4H3. The monoisotopic (exact) mass is 418 g/mol. The zero-order valence-electron chi connectivity index (χ0n) is 15.9. The second-order valence-corrected chi connectivity index (χ2v) is 11.0. The van der Waals surface area contributed by atoms with E-state index in [-0.39, 0.29) is 29.0 Å². The van der Waals surface area contributed by atoms with E-state index in [9.17, 15) is 21.6 Å². The first-order chi connectivity index (χ1) is 12.4. The van der Waals surface area contributed by atoms with Gasteiger partial charge >= 0.3 is 0 Å². The Morgan fingerprint density at radius 2 is 1.81 bits per heavy atom. The Bertz CT molecular complexity index is 890. The van der Waals surface area contributed by atoms with Gasteiger partial charge in [0.05, 0.1) is 27.9 Å². The van der Waals surface area contributed by atoms with Crippen molar-refractivity contribution in [3.63, 3.8) is 0 Å². The molecule has 0 atom stereocenters. The molecule has 1 N–H and O–H groups in total. The van der Waals surface area contributed by atoms with E-state index in [4.69, 9.17) is 4.74 Å². The third-order valence-corrected chi connectivity index (χ3v) is 7.53. The number of sulfonamides is 2. The zero-order chi connectivity index (χ0) is 20.5. The Hall–Kier alpha value is -1.49. The summed E-state index contributed by atoms with van der Waals surface area (Å²) in [6.07, 6.45) is 0.620. The maximum absolute atomic E-state index is 12.4. The van der Waals surface area contributed by atoms with Gasteiger partial charge in [0.1, 0.15) is 0 Å². The number of carbonyl (C=O) groups is 1. The van der Waals surface area contributed by atoms with Gasteiger partial charge in [-0.05, 0) is 58.4 Å². The molecule has 0 aliphatic carbocycles. The molecular formula is C17H26N2O6S2. The Morgan fingerprint density at radius 3 is 2.30 bits per heavy atom. The lowest BCUT2D eigenvalue weighted by Gasteiger charge is -2.17. The van der Waals surface area contributed by atoms with Crippen molar-refractivity contribution >= 4 is 31.6 Å². The third kappa shape index (κ3) is 5.07. The number of carbonyl (C=O) groups excluding carboxylic acids is 1. The molecule has 2 rings (SSSR count). The van der Waals surface area contributed by atoms with Crippen molar-refractivity contribution in [1.82, 2.24) is 4.72 Å². The number of rotatable bonds is 8. The van der Waals surface area contributed by atoms with Gasteiger partial charge in [0, 0.05) is 13.2 Å². The number of hydrogen-bond acceptors (Lipinski definition) is 6. The van der Waals surface area contributed by atoms with Crippen LogP contribution in [0.3, 0.4) is 0 Å². The first kappa shape index (κ1) is 21.8. The normalized spacial score (nSPS) is 19.0. The van der Waals surface area contributed by atoms with Crippen LogP contribution in [0.1, 0.15) is 34.1 Å². The lowest BCUT2D eigenvalue weighted by molar-refractivity contribution is -0.123. The van der Waals surface area contributed by atoms with Crippen LogP contribution in [0, 0.1) is 5.41 Å². The van der Waals surface area contributed by atoms with Crippen molar-refractivity contribution in [2.75, 3.05) is 23.2 Å². The Labute approximate surface area is 161 Å². The zero-order valence-corrected chi connectivity index (χ0v) is 17.6. The average Bonchev–Trinajstić information content (AvgIpc) is 2.70. The van der Waals surface area contributed by atoms with E-state index in [1.165, 1.54) is 24.3 Å². The van der Waals surface area contributed by atoms with E-state index in [2.05, 4.69) is 4.72 Å². The number of nitrogens with zero attached hydrogens (tertiary/aromatic N) is 1. The lowest BCUT2D eigenvalue weighted by Crippen LogP contribution is -2.33. The second kappa shape index (κ2) is 7.86. The van der Waals surface area contributed by atoms with E-state index in [0.717, 1.165) is 4.31 Å². The highest BCUT2D eigenvalue weighted by atomic mass is 32.2. The maximum Gasteiger partial charge on any atom is 0.247 e. The smallest absolute Gasteiger partial charge is 0.247 e. The summed E-state index contributed by atoms with van der Waals surface area (Å²) < 4.78 is 57.8. The second-order valence-electron chi connectivity index (χ2n) is 7.37. The molecule has 1 saturated heterocycles. The Kier molecular flexibility index (Phi) is 6.35. The fourth-order valence-corrected chi connectivity index (χ4v) is 5.88. The quantitative estimate of drug-likeness (QED) is 0.641. The van der Waals surface area contributed by atoms with Gasteiger partial charge < -0.3 is 4.74 Å². The molecule has 1 aliphatic heterocycles. The molecular weight excluding hydrogens is 392 g/mol. The van der Waals surface area contributed by atoms with Gasteiger partial charge in [0.15, 0.2) is 0 Å². The third-order valence-electron chi connectivity index (χ3n) is 4.03. The fourth-order valence-electron chi connectivity index (χ4n) is 2.70. The van der Waals surface area contributed by atoms with E-state index in [0.29, 0.717) is 13.0 Å². The van der Waals surface area contributed by atoms with Crippen LogP contribution in [0.15, 0.2) is 29.2 Å². The van der Waals surface area contributed by atoms with Gasteiger partial charge in [-0.1, -0.05) is 0 Å². The lowest BCUT2D eigenvalue weighted by atomic mass is 9.95. The molecule has 1 aromatic carbocycles. The SMILES string of the molecule is CC(C)OCCCNS(=O)(=O)c1ccc(N2C(=O)C(C)(C)CS2(=O)=O)cc1. The van der Waals surface area contributed by atoms with E-state index in [1.807, 2.05) is 13.8 Å². The van der Waals surface area contributed by atoms with Crippen molar-refractivity contribution in [2.24, 2.45) is 5.41 Å². The van der Waals surface area contributed by atoms with Crippen LogP contribution < -0.4 is 9.03 Å². The first-order valence-corrected chi connectivity index (χ1v) is 11.7. The van der Waals surface area contributed by atoms with Gasteiger partial charge in [-0.3, -0.25) is 4.79 Å². The molecule has 0 aromatic heterocycles. The van der Waals surface area contributed by atoms with Crippen LogP contribution in [0.5, 0.6) is 0 Å². The van der Waals surface area contributed by atoms with Crippen molar-refractivity contribution < 1.29 is 26.4 Å². The number of benzene rings is 1. The summed E-state index contributed by atoms with van der Waals surface area (Å²) in [6.45, 7) is 7.61. The van der Waals surface area contributed by atoms with Gasteiger partial charge in [0.25, 0.3) is 0 Å². The first-order valence-electron chi connectivity index (χ1n) is 8.66. The molecule has 1 amide bonds. The van der Waals surface area contributed by atoms with Gasteiger partial charge in [0.2, 0.25) is 26.0 Å². The molecule has 0 spiro atoms. The summed E-state index contributed by atoms with van der Waals surface area (Å²) in [6, 6.07) is 5.23.